The highest BCUT2D eigenvalue weighted by atomic mass is 32.2. The van der Waals surface area contributed by atoms with Crippen molar-refractivity contribution in [2.75, 3.05) is 26.3 Å². The molecule has 0 atom stereocenters. The average molecular weight is 443 g/mol. The van der Waals surface area contributed by atoms with Gasteiger partial charge in [-0.25, -0.2) is 0 Å². The topological polar surface area (TPSA) is 140 Å². The molecule has 0 bridgehead atoms. The quantitative estimate of drug-likeness (QED) is 0.217. The monoisotopic (exact) mass is 443 g/mol. The van der Waals surface area contributed by atoms with Crippen LogP contribution in [0.5, 0.6) is 5.75 Å². The van der Waals surface area contributed by atoms with E-state index in [-0.39, 0.29) is 21.9 Å². The molecule has 160 valence electrons. The van der Waals surface area contributed by atoms with Gasteiger partial charge in [-0.1, -0.05) is 12.1 Å². The molecule has 0 aliphatic carbocycles. The molecule has 2 aromatic rings. The molecular weight excluding hydrogens is 426 g/mol. The van der Waals surface area contributed by atoms with E-state index in [0.717, 1.165) is 24.3 Å². The zero-order chi connectivity index (χ0) is 22.4. The fourth-order valence-electron chi connectivity index (χ4n) is 2.81. The number of nitro groups is 1. The van der Waals surface area contributed by atoms with Crippen LogP contribution in [0.25, 0.3) is 6.08 Å². The number of morpholine rings is 1. The van der Waals surface area contributed by atoms with E-state index in [1.807, 2.05) is 6.07 Å². The zero-order valence-corrected chi connectivity index (χ0v) is 16.9. The van der Waals surface area contributed by atoms with Crippen LogP contribution in [0, 0.1) is 21.4 Å². The molecule has 0 radical (unpaired) electrons. The number of non-ortho nitro benzene ring substituents is 1. The number of carbonyl (C=O) groups excluding carboxylic acids is 1. The molecule has 0 spiro atoms. The smallest absolute Gasteiger partial charge is 0.339 e. The summed E-state index contributed by atoms with van der Waals surface area (Å²) in [4.78, 5) is 23.8. The van der Waals surface area contributed by atoms with E-state index in [1.165, 1.54) is 29.2 Å². The molecule has 3 rings (SSSR count). The first-order valence-electron chi connectivity index (χ1n) is 9.08. The fourth-order valence-corrected chi connectivity index (χ4v) is 3.73. The van der Waals surface area contributed by atoms with Crippen LogP contribution in [0.1, 0.15) is 5.56 Å². The van der Waals surface area contributed by atoms with Crippen molar-refractivity contribution >= 4 is 27.8 Å². The minimum absolute atomic E-state index is 0.0387. The van der Waals surface area contributed by atoms with Crippen LogP contribution in [0.4, 0.5) is 5.69 Å². The van der Waals surface area contributed by atoms with Crippen molar-refractivity contribution in [2.45, 2.75) is 4.90 Å². The van der Waals surface area contributed by atoms with E-state index < -0.39 is 20.9 Å². The number of ether oxygens (including phenoxy) is 1. The summed E-state index contributed by atoms with van der Waals surface area (Å²) < 4.78 is 35.2. The van der Waals surface area contributed by atoms with Gasteiger partial charge in [0.15, 0.2) is 0 Å². The molecule has 1 aliphatic rings. The second-order valence-electron chi connectivity index (χ2n) is 6.44. The van der Waals surface area contributed by atoms with Crippen LogP contribution in [0.3, 0.4) is 0 Å². The van der Waals surface area contributed by atoms with Crippen LogP contribution in [-0.4, -0.2) is 50.5 Å². The van der Waals surface area contributed by atoms with Crippen molar-refractivity contribution in [2.24, 2.45) is 0 Å². The Bertz CT molecular complexity index is 1160. The molecule has 1 fully saturated rings. The summed E-state index contributed by atoms with van der Waals surface area (Å²) in [6.07, 6.45) is 1.35. The lowest BCUT2D eigenvalue weighted by molar-refractivity contribution is -0.384. The summed E-state index contributed by atoms with van der Waals surface area (Å²) in [5, 5.41) is 20.1. The number of hydrogen-bond acceptors (Lipinski definition) is 8. The Labute approximate surface area is 178 Å². The Morgan fingerprint density at radius 2 is 1.87 bits per heavy atom. The number of carbonyl (C=O) groups is 1. The van der Waals surface area contributed by atoms with Gasteiger partial charge < -0.3 is 13.8 Å². The molecular formula is C20H17N3O7S. The lowest BCUT2D eigenvalue weighted by Crippen LogP contribution is -2.41. The first kappa shape index (κ1) is 21.9. The first-order chi connectivity index (χ1) is 14.8. The summed E-state index contributed by atoms with van der Waals surface area (Å²) in [5.41, 5.74) is 0.0480. The predicted molar refractivity (Wildman–Crippen MR) is 108 cm³/mol. The molecule has 11 heteroatoms. The highest BCUT2D eigenvalue weighted by Crippen LogP contribution is 2.23. The lowest BCUT2D eigenvalue weighted by atomic mass is 10.1. The van der Waals surface area contributed by atoms with Crippen LogP contribution >= 0.6 is 0 Å². The Hall–Kier alpha value is -3.75. The van der Waals surface area contributed by atoms with E-state index in [9.17, 15) is 28.6 Å². The lowest BCUT2D eigenvalue weighted by Gasteiger charge is -2.26. The number of nitrogens with zero attached hydrogens (tertiary/aromatic N) is 3. The Balaban J connectivity index is 1.80. The highest BCUT2D eigenvalue weighted by molar-refractivity contribution is 7.87. The summed E-state index contributed by atoms with van der Waals surface area (Å²) in [6, 6.07) is 12.0. The van der Waals surface area contributed by atoms with Gasteiger partial charge in [0, 0.05) is 25.2 Å². The summed E-state index contributed by atoms with van der Waals surface area (Å²) in [5.74, 6) is -0.473. The number of nitro benzene ring substituents is 1. The largest absolute Gasteiger partial charge is 0.379 e. The maximum absolute atomic E-state index is 12.5. The van der Waals surface area contributed by atoms with Crippen molar-refractivity contribution in [3.63, 3.8) is 0 Å². The van der Waals surface area contributed by atoms with Crippen LogP contribution in [-0.2, 0) is 19.6 Å². The SMILES string of the molecule is N#C/C(=C\c1cccc(OS(=O)(=O)c2ccc([N+](=O)[O-])cc2)c1)C(=O)N1CCOCC1. The van der Waals surface area contributed by atoms with Crippen molar-refractivity contribution in [1.29, 1.82) is 5.26 Å². The zero-order valence-electron chi connectivity index (χ0n) is 16.1. The predicted octanol–water partition coefficient (Wildman–Crippen LogP) is 2.13. The van der Waals surface area contributed by atoms with E-state index in [2.05, 4.69) is 0 Å². The van der Waals surface area contributed by atoms with Gasteiger partial charge in [0.1, 0.15) is 22.3 Å². The molecule has 1 amide bonds. The molecule has 1 heterocycles. The second-order valence-corrected chi connectivity index (χ2v) is 7.98. The third-order valence-corrected chi connectivity index (χ3v) is 5.62. The van der Waals surface area contributed by atoms with Gasteiger partial charge >= 0.3 is 10.1 Å². The van der Waals surface area contributed by atoms with E-state index in [4.69, 9.17) is 8.92 Å². The van der Waals surface area contributed by atoms with Crippen LogP contribution < -0.4 is 4.18 Å². The Kier molecular flexibility index (Phi) is 6.64. The fraction of sp³-hybridized carbons (Fsp3) is 0.200. The molecule has 2 aromatic carbocycles. The van der Waals surface area contributed by atoms with Gasteiger partial charge in [-0.2, -0.15) is 13.7 Å². The van der Waals surface area contributed by atoms with Crippen molar-refractivity contribution in [3.05, 3.63) is 69.8 Å². The minimum atomic E-state index is -4.24. The minimum Gasteiger partial charge on any atom is -0.379 e. The normalized spacial score (nSPS) is 14.5. The van der Waals surface area contributed by atoms with Gasteiger partial charge in [-0.05, 0) is 35.9 Å². The molecule has 0 saturated carbocycles. The molecule has 31 heavy (non-hydrogen) atoms. The van der Waals surface area contributed by atoms with Crippen LogP contribution in [0.2, 0.25) is 0 Å². The number of amides is 1. The number of benzene rings is 2. The third kappa shape index (κ3) is 5.44. The van der Waals surface area contributed by atoms with E-state index in [0.29, 0.717) is 31.9 Å². The molecule has 0 N–H and O–H groups in total. The molecule has 1 aliphatic heterocycles. The molecule has 0 unspecified atom stereocenters. The highest BCUT2D eigenvalue weighted by Gasteiger charge is 2.21. The number of rotatable bonds is 6. The first-order valence-corrected chi connectivity index (χ1v) is 10.5. The van der Waals surface area contributed by atoms with Crippen LogP contribution in [0.15, 0.2) is 59.0 Å². The average Bonchev–Trinajstić information content (AvgIpc) is 2.77. The van der Waals surface area contributed by atoms with Crippen molar-refractivity contribution in [1.82, 2.24) is 4.90 Å². The van der Waals surface area contributed by atoms with Gasteiger partial charge in [0.2, 0.25) is 0 Å². The standard InChI is InChI=1S/C20H17N3O7S/c21-14-16(20(24)22-8-10-29-11-9-22)12-15-2-1-3-18(13-15)30-31(27,28)19-6-4-17(5-7-19)23(25)26/h1-7,12-13H,8-11H2/b16-12+. The second kappa shape index (κ2) is 9.38. The number of nitriles is 1. The summed E-state index contributed by atoms with van der Waals surface area (Å²) in [7, 11) is -4.24. The molecule has 1 saturated heterocycles. The van der Waals surface area contributed by atoms with Crippen molar-refractivity contribution < 1.29 is 27.1 Å². The maximum Gasteiger partial charge on any atom is 0.339 e. The summed E-state index contributed by atoms with van der Waals surface area (Å²) >= 11 is 0. The van der Waals surface area contributed by atoms with Gasteiger partial charge in [0.05, 0.1) is 18.1 Å². The van der Waals surface area contributed by atoms with Crippen molar-refractivity contribution in [3.8, 4) is 11.8 Å². The molecule has 10 nitrogen and oxygen atoms in total. The van der Waals surface area contributed by atoms with E-state index >= 15 is 0 Å². The Morgan fingerprint density at radius 3 is 2.48 bits per heavy atom. The van der Waals surface area contributed by atoms with Gasteiger partial charge in [-0.3, -0.25) is 14.9 Å². The Morgan fingerprint density at radius 1 is 1.19 bits per heavy atom. The summed E-state index contributed by atoms with van der Waals surface area (Å²) in [6.45, 7) is 1.56. The number of hydrogen-bond donors (Lipinski definition) is 0. The van der Waals surface area contributed by atoms with Gasteiger partial charge in [-0.15, -0.1) is 0 Å². The maximum atomic E-state index is 12.5. The molecule has 0 aromatic heterocycles. The van der Waals surface area contributed by atoms with Gasteiger partial charge in [0.25, 0.3) is 11.6 Å². The third-order valence-electron chi connectivity index (χ3n) is 4.36. The van der Waals surface area contributed by atoms with E-state index in [1.54, 1.807) is 6.07 Å².